The normalized spacial score (nSPS) is 17.1. The fourth-order valence-electron chi connectivity index (χ4n) is 1.39. The largest absolute Gasteiger partial charge is 0.612 e. The fourth-order valence-corrected chi connectivity index (χ4v) is 2.74. The minimum Gasteiger partial charge on any atom is -0.612 e. The summed E-state index contributed by atoms with van der Waals surface area (Å²) in [5, 5.41) is 2.37. The van der Waals surface area contributed by atoms with Crippen LogP contribution < -0.4 is 10.9 Å². The van der Waals surface area contributed by atoms with E-state index in [2.05, 4.69) is 4.99 Å². The van der Waals surface area contributed by atoms with E-state index in [1.807, 2.05) is 24.3 Å². The van der Waals surface area contributed by atoms with Gasteiger partial charge in [-0.2, -0.15) is 0 Å². The number of anilines is 1. The summed E-state index contributed by atoms with van der Waals surface area (Å²) in [6, 6.07) is 7.40. The summed E-state index contributed by atoms with van der Waals surface area (Å²) in [6.45, 7) is 0.813. The lowest BCUT2D eigenvalue weighted by Crippen LogP contribution is -2.34. The van der Waals surface area contributed by atoms with Crippen molar-refractivity contribution in [3.63, 3.8) is 0 Å². The van der Waals surface area contributed by atoms with E-state index < -0.39 is 11.2 Å². The first kappa shape index (κ1) is 11.8. The number of aliphatic imine (C=N–C) groups is 1. The van der Waals surface area contributed by atoms with Crippen LogP contribution in [0.5, 0.6) is 0 Å². The zero-order valence-corrected chi connectivity index (χ0v) is 10.6. The van der Waals surface area contributed by atoms with Crippen LogP contribution >= 0.6 is 11.8 Å². The lowest BCUT2D eigenvalue weighted by Gasteiger charge is -2.18. The van der Waals surface area contributed by atoms with Gasteiger partial charge in [-0.3, -0.25) is 10.0 Å². The second-order valence-electron chi connectivity index (χ2n) is 3.33. The first-order chi connectivity index (χ1) is 7.68. The van der Waals surface area contributed by atoms with Crippen LogP contribution in [0.25, 0.3) is 0 Å². The van der Waals surface area contributed by atoms with E-state index in [4.69, 9.17) is 5.84 Å². The molecule has 16 heavy (non-hydrogen) atoms. The molecule has 0 radical (unpaired) electrons. The second kappa shape index (κ2) is 5.09. The van der Waals surface area contributed by atoms with Gasteiger partial charge < -0.3 is 4.55 Å². The lowest BCUT2D eigenvalue weighted by molar-refractivity contribution is 0.601. The average molecular weight is 255 g/mol. The lowest BCUT2D eigenvalue weighted by atomic mass is 10.3. The highest BCUT2D eigenvalue weighted by Crippen LogP contribution is 2.22. The van der Waals surface area contributed by atoms with Gasteiger partial charge in [-0.05, 0) is 23.3 Å². The minimum atomic E-state index is -0.986. The number of benzene rings is 1. The van der Waals surface area contributed by atoms with Crippen LogP contribution in [0.4, 0.5) is 5.69 Å². The number of hydrazine groups is 1. The summed E-state index contributed by atoms with van der Waals surface area (Å²) in [6.07, 6.45) is 1.65. The Morgan fingerprint density at radius 2 is 2.38 bits per heavy atom. The number of amidine groups is 1. The number of nitrogens with two attached hydrogens (primary N) is 1. The first-order valence-electron chi connectivity index (χ1n) is 4.84. The molecule has 4 nitrogen and oxygen atoms in total. The Bertz CT molecular complexity index is 409. The Hall–Kier alpha value is -0.690. The number of hydrogen-bond acceptors (Lipinski definition) is 5. The molecule has 1 heterocycles. The van der Waals surface area contributed by atoms with Crippen LogP contribution in [-0.2, 0) is 11.2 Å². The Balaban J connectivity index is 2.22. The summed E-state index contributed by atoms with van der Waals surface area (Å²) in [7, 11) is 0. The van der Waals surface area contributed by atoms with Gasteiger partial charge in [0.25, 0.3) is 0 Å². The highest BCUT2D eigenvalue weighted by Gasteiger charge is 2.16. The maximum Gasteiger partial charge on any atom is 0.178 e. The smallest absolute Gasteiger partial charge is 0.178 e. The maximum atomic E-state index is 11.4. The van der Waals surface area contributed by atoms with E-state index in [0.29, 0.717) is 0 Å². The Kier molecular flexibility index (Phi) is 3.75. The van der Waals surface area contributed by atoms with Crippen molar-refractivity contribution in [1.29, 1.82) is 0 Å². The van der Waals surface area contributed by atoms with E-state index in [0.717, 1.165) is 28.0 Å². The predicted molar refractivity (Wildman–Crippen MR) is 70.2 cm³/mol. The molecule has 0 fully saturated rings. The van der Waals surface area contributed by atoms with Gasteiger partial charge in [0.2, 0.25) is 0 Å². The van der Waals surface area contributed by atoms with Gasteiger partial charge in [-0.25, -0.2) is 5.84 Å². The molecule has 0 amide bonds. The van der Waals surface area contributed by atoms with Crippen molar-refractivity contribution in [2.75, 3.05) is 23.6 Å². The predicted octanol–water partition coefficient (Wildman–Crippen LogP) is 1.21. The quantitative estimate of drug-likeness (QED) is 0.490. The van der Waals surface area contributed by atoms with E-state index in [9.17, 15) is 4.55 Å². The van der Waals surface area contributed by atoms with E-state index in [1.165, 1.54) is 0 Å². The average Bonchev–Trinajstić information content (AvgIpc) is 2.81. The van der Waals surface area contributed by atoms with Gasteiger partial charge in [-0.1, -0.05) is 17.8 Å². The topological polar surface area (TPSA) is 64.7 Å². The molecule has 1 atom stereocenters. The van der Waals surface area contributed by atoms with Crippen LogP contribution in [0, 0.1) is 0 Å². The van der Waals surface area contributed by atoms with Crippen LogP contribution in [0.15, 0.2) is 34.2 Å². The minimum absolute atomic E-state index is 0.775. The van der Waals surface area contributed by atoms with Crippen LogP contribution in [-0.4, -0.2) is 28.3 Å². The molecule has 1 aromatic carbocycles. The number of thioether (sulfide) groups is 1. The molecule has 0 aromatic heterocycles. The van der Waals surface area contributed by atoms with E-state index >= 15 is 0 Å². The standard InChI is InChI=1S/C10H13N3OS2/c1-16(14)9-4-2-3-8(7-9)13(11)10-12-5-6-15-10/h2-4,7H,5-6,11H2,1H3. The van der Waals surface area contributed by atoms with Crippen molar-refractivity contribution in [2.45, 2.75) is 4.90 Å². The van der Waals surface area contributed by atoms with Gasteiger partial charge in [0, 0.05) is 11.8 Å². The van der Waals surface area contributed by atoms with Crippen molar-refractivity contribution in [3.05, 3.63) is 24.3 Å². The molecular weight excluding hydrogens is 242 g/mol. The van der Waals surface area contributed by atoms with Crippen LogP contribution in [0.1, 0.15) is 0 Å². The van der Waals surface area contributed by atoms with Gasteiger partial charge in [0.15, 0.2) is 10.1 Å². The molecule has 0 bridgehead atoms. The third kappa shape index (κ3) is 2.52. The van der Waals surface area contributed by atoms with Crippen LogP contribution in [0.3, 0.4) is 0 Å². The highest BCUT2D eigenvalue weighted by atomic mass is 32.2. The Labute approximate surface area is 102 Å². The summed E-state index contributed by atoms with van der Waals surface area (Å²) in [5.74, 6) is 6.93. The number of nitrogens with zero attached hydrogens (tertiary/aromatic N) is 2. The van der Waals surface area contributed by atoms with Crippen molar-refractivity contribution in [2.24, 2.45) is 10.8 Å². The molecule has 2 N–H and O–H groups in total. The molecule has 1 aromatic rings. The molecule has 0 saturated carbocycles. The Morgan fingerprint density at radius 3 is 3.00 bits per heavy atom. The van der Waals surface area contributed by atoms with Crippen LogP contribution in [0.2, 0.25) is 0 Å². The maximum absolute atomic E-state index is 11.4. The molecule has 0 aliphatic carbocycles. The highest BCUT2D eigenvalue weighted by molar-refractivity contribution is 8.14. The van der Waals surface area contributed by atoms with Crippen molar-refractivity contribution in [1.82, 2.24) is 0 Å². The fraction of sp³-hybridized carbons (Fsp3) is 0.300. The van der Waals surface area contributed by atoms with E-state index in [1.54, 1.807) is 23.0 Å². The summed E-state index contributed by atoms with van der Waals surface area (Å²) in [4.78, 5) is 5.07. The van der Waals surface area contributed by atoms with Crippen molar-refractivity contribution >= 4 is 33.8 Å². The molecule has 0 spiro atoms. The van der Waals surface area contributed by atoms with Gasteiger partial charge in [0.05, 0.1) is 12.2 Å². The number of hydrogen-bond donors (Lipinski definition) is 1. The Morgan fingerprint density at radius 1 is 1.56 bits per heavy atom. The molecule has 86 valence electrons. The molecule has 1 unspecified atom stereocenters. The van der Waals surface area contributed by atoms with Gasteiger partial charge >= 0.3 is 0 Å². The van der Waals surface area contributed by atoms with Gasteiger partial charge in [-0.15, -0.1) is 0 Å². The van der Waals surface area contributed by atoms with Crippen molar-refractivity contribution in [3.8, 4) is 0 Å². The molecule has 0 saturated heterocycles. The molecule has 1 aliphatic heterocycles. The molecule has 6 heteroatoms. The SMILES string of the molecule is C[S+]([O-])c1cccc(N(N)C2=NCCS2)c1. The molecule has 2 rings (SSSR count). The number of rotatable bonds is 2. The first-order valence-corrected chi connectivity index (χ1v) is 7.38. The third-order valence-corrected chi connectivity index (χ3v) is 4.09. The van der Waals surface area contributed by atoms with Crippen molar-refractivity contribution < 1.29 is 4.55 Å². The summed E-state index contributed by atoms with van der Waals surface area (Å²) < 4.78 is 11.4. The van der Waals surface area contributed by atoms with E-state index in [-0.39, 0.29) is 0 Å². The third-order valence-electron chi connectivity index (χ3n) is 2.20. The zero-order chi connectivity index (χ0) is 11.5. The van der Waals surface area contributed by atoms with Gasteiger partial charge in [0.1, 0.15) is 6.26 Å². The molecule has 1 aliphatic rings. The summed E-state index contributed by atoms with van der Waals surface area (Å²) in [5.41, 5.74) is 0.820. The summed E-state index contributed by atoms with van der Waals surface area (Å²) >= 11 is 0.648. The second-order valence-corrected chi connectivity index (χ2v) is 5.78. The monoisotopic (exact) mass is 255 g/mol. The zero-order valence-electron chi connectivity index (χ0n) is 8.92. The molecular formula is C10H13N3OS2.